The van der Waals surface area contributed by atoms with Gasteiger partial charge in [0.05, 0.1) is 0 Å². The van der Waals surface area contributed by atoms with Crippen molar-refractivity contribution in [1.29, 1.82) is 0 Å². The second-order valence-corrected chi connectivity index (χ2v) is 6.10. The van der Waals surface area contributed by atoms with Crippen molar-refractivity contribution < 1.29 is 4.79 Å². The van der Waals surface area contributed by atoms with E-state index in [4.69, 9.17) is 5.73 Å². The molecule has 1 unspecified atom stereocenters. The van der Waals surface area contributed by atoms with Crippen LogP contribution in [0.2, 0.25) is 0 Å². The number of hydrogen-bond acceptors (Lipinski definition) is 3. The van der Waals surface area contributed by atoms with Gasteiger partial charge in [-0.2, -0.15) is 0 Å². The number of amides is 1. The number of carbonyl (C=O) groups excluding carboxylic acids is 1. The standard InChI is InChI=1S/C13H29N3O/c1-10(2)16(6)8-7-15-12(17)9-11(14)13(3,4)5/h10-11H,7-9,14H2,1-6H3,(H,15,17). The number of nitrogens with two attached hydrogens (primary N) is 1. The lowest BCUT2D eigenvalue weighted by Gasteiger charge is -2.26. The molecule has 0 aliphatic rings. The molecule has 0 saturated carbocycles. The SMILES string of the molecule is CC(C)N(C)CCNC(=O)CC(N)C(C)(C)C. The maximum atomic E-state index is 11.6. The summed E-state index contributed by atoms with van der Waals surface area (Å²) in [4.78, 5) is 13.8. The van der Waals surface area contributed by atoms with Gasteiger partial charge < -0.3 is 16.0 Å². The smallest absolute Gasteiger partial charge is 0.221 e. The lowest BCUT2D eigenvalue weighted by Crippen LogP contribution is -2.42. The largest absolute Gasteiger partial charge is 0.355 e. The third kappa shape index (κ3) is 7.34. The summed E-state index contributed by atoms with van der Waals surface area (Å²) >= 11 is 0. The molecular weight excluding hydrogens is 214 g/mol. The van der Waals surface area contributed by atoms with Crippen molar-refractivity contribution in [2.45, 2.75) is 53.1 Å². The zero-order valence-corrected chi connectivity index (χ0v) is 12.2. The van der Waals surface area contributed by atoms with Crippen molar-refractivity contribution in [2.75, 3.05) is 20.1 Å². The molecule has 0 aliphatic carbocycles. The minimum absolute atomic E-state index is 0.0218. The van der Waals surface area contributed by atoms with Crippen LogP contribution in [-0.2, 0) is 4.79 Å². The number of nitrogens with zero attached hydrogens (tertiary/aromatic N) is 1. The Balaban J connectivity index is 3.82. The molecule has 0 spiro atoms. The minimum atomic E-state index is -0.0923. The van der Waals surface area contributed by atoms with E-state index in [1.165, 1.54) is 0 Å². The number of carbonyl (C=O) groups is 1. The molecule has 0 fully saturated rings. The van der Waals surface area contributed by atoms with E-state index in [9.17, 15) is 4.79 Å². The minimum Gasteiger partial charge on any atom is -0.355 e. The summed E-state index contributed by atoms with van der Waals surface area (Å²) in [5.41, 5.74) is 5.94. The molecule has 0 heterocycles. The van der Waals surface area contributed by atoms with Crippen molar-refractivity contribution in [3.05, 3.63) is 0 Å². The van der Waals surface area contributed by atoms with Gasteiger partial charge in [0.15, 0.2) is 0 Å². The van der Waals surface area contributed by atoms with Crippen LogP contribution in [-0.4, -0.2) is 43.0 Å². The average molecular weight is 243 g/mol. The van der Waals surface area contributed by atoms with Gasteiger partial charge in [-0.25, -0.2) is 0 Å². The highest BCUT2D eigenvalue weighted by molar-refractivity contribution is 5.76. The topological polar surface area (TPSA) is 58.4 Å². The molecule has 1 atom stereocenters. The van der Waals surface area contributed by atoms with Gasteiger partial charge in [0.1, 0.15) is 0 Å². The fourth-order valence-electron chi connectivity index (χ4n) is 1.21. The zero-order valence-electron chi connectivity index (χ0n) is 12.2. The molecule has 0 saturated heterocycles. The van der Waals surface area contributed by atoms with Crippen LogP contribution in [0.25, 0.3) is 0 Å². The zero-order chi connectivity index (χ0) is 13.6. The summed E-state index contributed by atoms with van der Waals surface area (Å²) in [7, 11) is 2.05. The first-order valence-electron chi connectivity index (χ1n) is 6.37. The molecule has 0 rings (SSSR count). The van der Waals surface area contributed by atoms with Gasteiger partial charge in [0.25, 0.3) is 0 Å². The van der Waals surface area contributed by atoms with Crippen LogP contribution in [0.4, 0.5) is 0 Å². The first kappa shape index (κ1) is 16.4. The summed E-state index contributed by atoms with van der Waals surface area (Å²) < 4.78 is 0. The Morgan fingerprint density at radius 1 is 1.35 bits per heavy atom. The van der Waals surface area contributed by atoms with E-state index in [2.05, 4.69) is 51.9 Å². The molecule has 17 heavy (non-hydrogen) atoms. The Labute approximate surface area is 106 Å². The molecule has 0 aromatic heterocycles. The maximum Gasteiger partial charge on any atom is 0.221 e. The fourth-order valence-corrected chi connectivity index (χ4v) is 1.21. The molecule has 3 N–H and O–H groups in total. The Bertz CT molecular complexity index is 233. The van der Waals surface area contributed by atoms with Gasteiger partial charge in [-0.05, 0) is 26.3 Å². The quantitative estimate of drug-likeness (QED) is 0.737. The third-order valence-corrected chi connectivity index (χ3v) is 3.19. The van der Waals surface area contributed by atoms with Gasteiger partial charge in [-0.15, -0.1) is 0 Å². The van der Waals surface area contributed by atoms with Gasteiger partial charge in [-0.3, -0.25) is 4.79 Å². The molecule has 4 nitrogen and oxygen atoms in total. The highest BCUT2D eigenvalue weighted by Crippen LogP contribution is 2.19. The van der Waals surface area contributed by atoms with Crippen molar-refractivity contribution >= 4 is 5.91 Å². The van der Waals surface area contributed by atoms with Crippen molar-refractivity contribution in [3.63, 3.8) is 0 Å². The van der Waals surface area contributed by atoms with Gasteiger partial charge >= 0.3 is 0 Å². The van der Waals surface area contributed by atoms with E-state index in [1.807, 2.05) is 0 Å². The molecule has 0 aliphatic heterocycles. The normalized spacial score (nSPS) is 14.2. The molecule has 102 valence electrons. The Hall–Kier alpha value is -0.610. The Morgan fingerprint density at radius 3 is 2.29 bits per heavy atom. The molecule has 0 aromatic carbocycles. The average Bonchev–Trinajstić information content (AvgIpc) is 2.15. The summed E-state index contributed by atoms with van der Waals surface area (Å²) in [6, 6.07) is 0.411. The molecule has 4 heteroatoms. The summed E-state index contributed by atoms with van der Waals surface area (Å²) in [5, 5.41) is 2.91. The van der Waals surface area contributed by atoms with Crippen LogP contribution in [0.3, 0.4) is 0 Å². The van der Waals surface area contributed by atoms with Crippen molar-refractivity contribution in [3.8, 4) is 0 Å². The predicted molar refractivity (Wildman–Crippen MR) is 72.8 cm³/mol. The monoisotopic (exact) mass is 243 g/mol. The van der Waals surface area contributed by atoms with Gasteiger partial charge in [0.2, 0.25) is 5.91 Å². The highest BCUT2D eigenvalue weighted by Gasteiger charge is 2.22. The lowest BCUT2D eigenvalue weighted by molar-refractivity contribution is -0.122. The van der Waals surface area contributed by atoms with Crippen molar-refractivity contribution in [2.24, 2.45) is 11.1 Å². The second-order valence-electron chi connectivity index (χ2n) is 6.10. The van der Waals surface area contributed by atoms with Gasteiger partial charge in [-0.1, -0.05) is 20.8 Å². The van der Waals surface area contributed by atoms with E-state index in [0.717, 1.165) is 6.54 Å². The van der Waals surface area contributed by atoms with Crippen molar-refractivity contribution in [1.82, 2.24) is 10.2 Å². The van der Waals surface area contributed by atoms with Crippen LogP contribution >= 0.6 is 0 Å². The summed E-state index contributed by atoms with van der Waals surface area (Å²) in [6.45, 7) is 12.0. The van der Waals surface area contributed by atoms with Crippen LogP contribution in [0.5, 0.6) is 0 Å². The van der Waals surface area contributed by atoms with Crippen LogP contribution in [0.15, 0.2) is 0 Å². The predicted octanol–water partition coefficient (Wildman–Crippen LogP) is 1.21. The van der Waals surface area contributed by atoms with E-state index < -0.39 is 0 Å². The maximum absolute atomic E-state index is 11.6. The number of nitrogens with one attached hydrogen (secondary N) is 1. The lowest BCUT2D eigenvalue weighted by atomic mass is 9.85. The van der Waals surface area contributed by atoms with E-state index in [-0.39, 0.29) is 17.4 Å². The third-order valence-electron chi connectivity index (χ3n) is 3.19. The first-order valence-corrected chi connectivity index (χ1v) is 6.37. The molecule has 0 aromatic rings. The van der Waals surface area contributed by atoms with Crippen LogP contribution in [0, 0.1) is 5.41 Å². The highest BCUT2D eigenvalue weighted by atomic mass is 16.1. The Kier molecular flexibility index (Phi) is 6.72. The second kappa shape index (κ2) is 6.97. The number of likely N-dealkylation sites (N-methyl/N-ethyl adjacent to an activating group) is 1. The fraction of sp³-hybridized carbons (Fsp3) is 0.923. The number of hydrogen-bond donors (Lipinski definition) is 2. The Morgan fingerprint density at radius 2 is 1.88 bits per heavy atom. The van der Waals surface area contributed by atoms with E-state index in [1.54, 1.807) is 0 Å². The van der Waals surface area contributed by atoms with Gasteiger partial charge in [0, 0.05) is 31.6 Å². The molecule has 0 bridgehead atoms. The summed E-state index contributed by atoms with van der Waals surface area (Å²) in [6.07, 6.45) is 0.398. The number of rotatable bonds is 6. The first-order chi connectivity index (χ1) is 7.64. The van der Waals surface area contributed by atoms with Crippen LogP contribution < -0.4 is 11.1 Å². The molecule has 1 amide bonds. The summed E-state index contributed by atoms with van der Waals surface area (Å²) in [5.74, 6) is 0.0459. The van der Waals surface area contributed by atoms with E-state index >= 15 is 0 Å². The molecular formula is C13H29N3O. The molecule has 0 radical (unpaired) electrons. The van der Waals surface area contributed by atoms with E-state index in [0.29, 0.717) is 19.0 Å². The van der Waals surface area contributed by atoms with Crippen LogP contribution in [0.1, 0.15) is 41.0 Å².